The molecule has 1 aliphatic carbocycles. The molecule has 2 aromatic carbocycles. The van der Waals surface area contributed by atoms with Crippen molar-refractivity contribution in [2.24, 2.45) is 5.92 Å². The summed E-state index contributed by atoms with van der Waals surface area (Å²) in [7, 11) is -3.90. The third kappa shape index (κ3) is 6.38. The van der Waals surface area contributed by atoms with Crippen LogP contribution < -0.4 is 4.72 Å². The number of sulfonamides is 1. The highest BCUT2D eigenvalue weighted by Crippen LogP contribution is 2.27. The summed E-state index contributed by atoms with van der Waals surface area (Å²) in [6, 6.07) is 13.5. The summed E-state index contributed by atoms with van der Waals surface area (Å²) in [5.41, 5.74) is 1.89. The van der Waals surface area contributed by atoms with E-state index >= 15 is 0 Å². The maximum absolute atomic E-state index is 13.2. The number of aryl methyl sites for hydroxylation is 1. The first-order valence-corrected chi connectivity index (χ1v) is 15.5. The number of nitrogens with one attached hydrogen (secondary N) is 1. The molecule has 1 saturated carbocycles. The van der Waals surface area contributed by atoms with Gasteiger partial charge in [0.1, 0.15) is 4.90 Å². The van der Waals surface area contributed by atoms with Crippen LogP contribution in [0.15, 0.2) is 59.6 Å². The normalized spacial score (nSPS) is 16.6. The standard InChI is InChI=1S/C30H36N4O5S/c1-22-21-25(12-13-26(22)32-40(37,38)27-11-5-9-24-10-6-15-31-28(24)27)29(35)33-16-18-34(19-17-33)30(36)39-20-14-23-7-3-2-4-8-23/h5-6,9-13,15,21,23,32H,2-4,7-8,14,16-20H2,1H3. The molecule has 1 aliphatic heterocycles. The van der Waals surface area contributed by atoms with Crippen molar-refractivity contribution in [2.75, 3.05) is 37.5 Å². The molecule has 1 aromatic heterocycles. The Labute approximate surface area is 235 Å². The number of para-hydroxylation sites is 1. The van der Waals surface area contributed by atoms with Gasteiger partial charge in [-0.1, -0.05) is 50.3 Å². The number of piperazine rings is 1. The number of amides is 2. The number of pyridine rings is 1. The van der Waals surface area contributed by atoms with E-state index in [0.717, 1.165) is 11.8 Å². The average molecular weight is 565 g/mol. The van der Waals surface area contributed by atoms with Crippen molar-refractivity contribution in [3.05, 3.63) is 65.9 Å². The first-order chi connectivity index (χ1) is 19.3. The molecule has 3 aromatic rings. The molecular weight excluding hydrogens is 528 g/mol. The van der Waals surface area contributed by atoms with Crippen LogP contribution in [0.1, 0.15) is 54.4 Å². The van der Waals surface area contributed by atoms with Crippen molar-refractivity contribution < 1.29 is 22.7 Å². The Morgan fingerprint density at radius 3 is 2.45 bits per heavy atom. The molecule has 0 unspecified atom stereocenters. The zero-order chi connectivity index (χ0) is 28.1. The minimum Gasteiger partial charge on any atom is -0.449 e. The van der Waals surface area contributed by atoms with Crippen LogP contribution >= 0.6 is 0 Å². The lowest BCUT2D eigenvalue weighted by molar-refractivity contribution is 0.0543. The fraction of sp³-hybridized carbons (Fsp3) is 0.433. The number of aromatic nitrogens is 1. The molecule has 0 radical (unpaired) electrons. The summed E-state index contributed by atoms with van der Waals surface area (Å²) in [5, 5.41) is 0.732. The monoisotopic (exact) mass is 564 g/mol. The molecule has 1 saturated heterocycles. The van der Waals surface area contributed by atoms with Gasteiger partial charge in [-0.2, -0.15) is 0 Å². The van der Waals surface area contributed by atoms with Gasteiger partial charge in [-0.15, -0.1) is 0 Å². The first-order valence-electron chi connectivity index (χ1n) is 14.0. The summed E-state index contributed by atoms with van der Waals surface area (Å²) >= 11 is 0. The highest BCUT2D eigenvalue weighted by atomic mass is 32.2. The van der Waals surface area contributed by atoms with E-state index in [9.17, 15) is 18.0 Å². The Kier molecular flexibility index (Phi) is 8.54. The molecule has 0 spiro atoms. The van der Waals surface area contributed by atoms with E-state index < -0.39 is 10.0 Å². The van der Waals surface area contributed by atoms with E-state index in [1.54, 1.807) is 53.3 Å². The van der Waals surface area contributed by atoms with E-state index in [-0.39, 0.29) is 16.9 Å². The zero-order valence-electron chi connectivity index (χ0n) is 22.8. The Morgan fingerprint density at radius 1 is 0.975 bits per heavy atom. The predicted octanol–water partition coefficient (Wildman–Crippen LogP) is 5.21. The molecule has 5 rings (SSSR count). The number of nitrogens with zero attached hydrogens (tertiary/aromatic N) is 3. The van der Waals surface area contributed by atoms with Crippen LogP contribution in [0.25, 0.3) is 10.9 Å². The lowest BCUT2D eigenvalue weighted by Crippen LogP contribution is -2.50. The van der Waals surface area contributed by atoms with E-state index in [0.29, 0.717) is 61.0 Å². The number of hydrogen-bond donors (Lipinski definition) is 1. The van der Waals surface area contributed by atoms with Crippen LogP contribution in [-0.4, -0.2) is 68.0 Å². The molecule has 2 heterocycles. The number of anilines is 1. The van der Waals surface area contributed by atoms with Gasteiger partial charge < -0.3 is 14.5 Å². The zero-order valence-corrected chi connectivity index (χ0v) is 23.7. The lowest BCUT2D eigenvalue weighted by atomic mass is 9.87. The van der Waals surface area contributed by atoms with Crippen molar-refractivity contribution in [3.63, 3.8) is 0 Å². The van der Waals surface area contributed by atoms with Crippen molar-refractivity contribution in [1.82, 2.24) is 14.8 Å². The Balaban J connectivity index is 1.16. The highest BCUT2D eigenvalue weighted by molar-refractivity contribution is 7.93. The Hall–Kier alpha value is -3.66. The molecule has 10 heteroatoms. The van der Waals surface area contributed by atoms with Crippen LogP contribution in [0.3, 0.4) is 0 Å². The van der Waals surface area contributed by atoms with Crippen LogP contribution in [-0.2, 0) is 14.8 Å². The van der Waals surface area contributed by atoms with Crippen molar-refractivity contribution >= 4 is 38.6 Å². The minimum absolute atomic E-state index is 0.0931. The maximum atomic E-state index is 13.2. The molecule has 212 valence electrons. The highest BCUT2D eigenvalue weighted by Gasteiger charge is 2.27. The second kappa shape index (κ2) is 12.2. The summed E-state index contributed by atoms with van der Waals surface area (Å²) < 4.78 is 34.6. The quantitative estimate of drug-likeness (QED) is 0.422. The topological polar surface area (TPSA) is 109 Å². The number of fused-ring (bicyclic) bond motifs is 1. The lowest BCUT2D eigenvalue weighted by Gasteiger charge is -2.34. The number of benzene rings is 2. The van der Waals surface area contributed by atoms with Gasteiger partial charge >= 0.3 is 6.09 Å². The SMILES string of the molecule is Cc1cc(C(=O)N2CCN(C(=O)OCCC3CCCCC3)CC2)ccc1NS(=O)(=O)c1cccc2cccnc12. The average Bonchev–Trinajstić information content (AvgIpc) is 2.98. The van der Waals surface area contributed by atoms with Gasteiger partial charge in [0.05, 0.1) is 17.8 Å². The number of rotatable bonds is 7. The van der Waals surface area contributed by atoms with Gasteiger partial charge in [-0.05, 0) is 55.2 Å². The van der Waals surface area contributed by atoms with Gasteiger partial charge in [0, 0.05) is 43.3 Å². The molecule has 2 fully saturated rings. The first kappa shape index (κ1) is 27.9. The second-order valence-electron chi connectivity index (χ2n) is 10.7. The van der Waals surface area contributed by atoms with Crippen molar-refractivity contribution in [2.45, 2.75) is 50.3 Å². The smallest absolute Gasteiger partial charge is 0.409 e. The number of ether oxygens (including phenoxy) is 1. The van der Waals surface area contributed by atoms with Crippen LogP contribution in [0, 0.1) is 12.8 Å². The summed E-state index contributed by atoms with van der Waals surface area (Å²) in [4.78, 5) is 33.4. The van der Waals surface area contributed by atoms with Crippen molar-refractivity contribution in [1.29, 1.82) is 0 Å². The van der Waals surface area contributed by atoms with Gasteiger partial charge in [0.2, 0.25) is 0 Å². The molecule has 0 bridgehead atoms. The van der Waals surface area contributed by atoms with E-state index in [1.807, 2.05) is 12.1 Å². The maximum Gasteiger partial charge on any atom is 0.409 e. The van der Waals surface area contributed by atoms with Crippen molar-refractivity contribution in [3.8, 4) is 0 Å². The molecule has 40 heavy (non-hydrogen) atoms. The Bertz CT molecular complexity index is 1470. The third-order valence-corrected chi connectivity index (χ3v) is 9.30. The molecule has 2 amide bonds. The number of carbonyl (C=O) groups is 2. The number of carbonyl (C=O) groups excluding carboxylic acids is 2. The molecule has 2 aliphatic rings. The summed E-state index contributed by atoms with van der Waals surface area (Å²) in [6.45, 7) is 3.89. The molecular formula is C30H36N4O5S. The molecule has 1 N–H and O–H groups in total. The summed E-state index contributed by atoms with van der Waals surface area (Å²) in [5.74, 6) is 0.512. The van der Waals surface area contributed by atoms with E-state index in [2.05, 4.69) is 9.71 Å². The van der Waals surface area contributed by atoms with Gasteiger partial charge in [-0.25, -0.2) is 13.2 Å². The fourth-order valence-corrected chi connectivity index (χ4v) is 6.87. The summed E-state index contributed by atoms with van der Waals surface area (Å²) in [6.07, 6.45) is 8.49. The molecule has 0 atom stereocenters. The minimum atomic E-state index is -3.90. The predicted molar refractivity (Wildman–Crippen MR) is 154 cm³/mol. The molecule has 9 nitrogen and oxygen atoms in total. The van der Waals surface area contributed by atoms with Crippen LogP contribution in [0.4, 0.5) is 10.5 Å². The fourth-order valence-electron chi connectivity index (χ4n) is 5.56. The van der Waals surface area contributed by atoms with Crippen LogP contribution in [0.2, 0.25) is 0 Å². The Morgan fingerprint density at radius 2 is 1.70 bits per heavy atom. The van der Waals surface area contributed by atoms with E-state index in [1.165, 1.54) is 38.2 Å². The second-order valence-corrected chi connectivity index (χ2v) is 12.3. The van der Waals surface area contributed by atoms with E-state index in [4.69, 9.17) is 4.74 Å². The number of hydrogen-bond acceptors (Lipinski definition) is 6. The largest absolute Gasteiger partial charge is 0.449 e. The van der Waals surface area contributed by atoms with Crippen LogP contribution in [0.5, 0.6) is 0 Å². The third-order valence-electron chi connectivity index (χ3n) is 7.90. The van der Waals surface area contributed by atoms with Gasteiger partial charge in [0.25, 0.3) is 15.9 Å². The van der Waals surface area contributed by atoms with Gasteiger partial charge in [-0.3, -0.25) is 14.5 Å². The van der Waals surface area contributed by atoms with Gasteiger partial charge in [0.15, 0.2) is 0 Å².